The van der Waals surface area contributed by atoms with E-state index in [-0.39, 0.29) is 5.91 Å². The number of nitrogens with two attached hydrogens (primary N) is 1. The standard InChI is InChI=1S/C17H18ClN3O3/c1-21(9-10-24-15-4-2-3-13(18)11-15)16(22)12-5-7-14(8-6-12)20-17(19)23/h2-8,11H,9-10H2,1H3,(H3,19,20,23). The van der Waals surface area contributed by atoms with Crippen molar-refractivity contribution < 1.29 is 14.3 Å². The Balaban J connectivity index is 1.86. The molecule has 3 amide bonds. The highest BCUT2D eigenvalue weighted by molar-refractivity contribution is 6.30. The molecule has 2 aromatic carbocycles. The maximum Gasteiger partial charge on any atom is 0.316 e. The zero-order chi connectivity index (χ0) is 17.5. The molecule has 126 valence electrons. The second-order valence-corrected chi connectivity index (χ2v) is 5.54. The van der Waals surface area contributed by atoms with E-state index in [1.807, 2.05) is 0 Å². The lowest BCUT2D eigenvalue weighted by Gasteiger charge is -2.18. The van der Waals surface area contributed by atoms with Gasteiger partial charge in [0.25, 0.3) is 5.91 Å². The van der Waals surface area contributed by atoms with Crippen LogP contribution in [0.5, 0.6) is 5.75 Å². The summed E-state index contributed by atoms with van der Waals surface area (Å²) in [4.78, 5) is 24.6. The van der Waals surface area contributed by atoms with E-state index >= 15 is 0 Å². The molecule has 0 spiro atoms. The van der Waals surface area contributed by atoms with Crippen molar-refractivity contribution in [3.8, 4) is 5.75 Å². The molecule has 0 aliphatic heterocycles. The van der Waals surface area contributed by atoms with Crippen LogP contribution in [0.1, 0.15) is 10.4 Å². The van der Waals surface area contributed by atoms with Crippen LogP contribution in [-0.2, 0) is 0 Å². The van der Waals surface area contributed by atoms with E-state index in [9.17, 15) is 9.59 Å². The second kappa shape index (κ2) is 8.21. The highest BCUT2D eigenvalue weighted by Crippen LogP contribution is 2.17. The molecule has 0 unspecified atom stereocenters. The van der Waals surface area contributed by atoms with Crippen LogP contribution in [0, 0.1) is 0 Å². The minimum atomic E-state index is -0.649. The molecule has 3 N–H and O–H groups in total. The first-order valence-electron chi connectivity index (χ1n) is 7.26. The van der Waals surface area contributed by atoms with Gasteiger partial charge in [-0.2, -0.15) is 0 Å². The number of anilines is 1. The number of carbonyl (C=O) groups is 2. The third kappa shape index (κ3) is 5.17. The van der Waals surface area contributed by atoms with Crippen molar-refractivity contribution in [3.63, 3.8) is 0 Å². The van der Waals surface area contributed by atoms with Crippen molar-refractivity contribution in [2.24, 2.45) is 5.73 Å². The van der Waals surface area contributed by atoms with Crippen LogP contribution in [0.3, 0.4) is 0 Å². The third-order valence-corrected chi connectivity index (χ3v) is 3.47. The first-order valence-corrected chi connectivity index (χ1v) is 7.64. The van der Waals surface area contributed by atoms with E-state index in [1.165, 1.54) is 0 Å². The Morgan fingerprint density at radius 2 is 1.92 bits per heavy atom. The molecule has 0 aliphatic carbocycles. The Hall–Kier alpha value is -2.73. The molecule has 0 saturated heterocycles. The number of hydrogen-bond donors (Lipinski definition) is 2. The quantitative estimate of drug-likeness (QED) is 0.842. The number of benzene rings is 2. The molecule has 0 atom stereocenters. The Morgan fingerprint density at radius 1 is 1.21 bits per heavy atom. The smallest absolute Gasteiger partial charge is 0.316 e. The predicted octanol–water partition coefficient (Wildman–Crippen LogP) is 2.98. The molecule has 7 heteroatoms. The van der Waals surface area contributed by atoms with Gasteiger partial charge in [-0.15, -0.1) is 0 Å². The van der Waals surface area contributed by atoms with Crippen LogP contribution in [0.25, 0.3) is 0 Å². The van der Waals surface area contributed by atoms with Gasteiger partial charge in [0.2, 0.25) is 0 Å². The lowest BCUT2D eigenvalue weighted by Crippen LogP contribution is -2.30. The van der Waals surface area contributed by atoms with Gasteiger partial charge in [-0.05, 0) is 42.5 Å². The van der Waals surface area contributed by atoms with E-state index in [2.05, 4.69) is 5.32 Å². The monoisotopic (exact) mass is 347 g/mol. The number of rotatable bonds is 6. The van der Waals surface area contributed by atoms with E-state index in [0.29, 0.717) is 35.2 Å². The number of hydrogen-bond acceptors (Lipinski definition) is 3. The number of likely N-dealkylation sites (N-methyl/N-ethyl adjacent to an activating group) is 1. The van der Waals surface area contributed by atoms with Crippen molar-refractivity contribution in [2.45, 2.75) is 0 Å². The maximum atomic E-state index is 12.3. The molecule has 0 saturated carbocycles. The topological polar surface area (TPSA) is 84.7 Å². The van der Waals surface area contributed by atoms with Crippen LogP contribution in [0.4, 0.5) is 10.5 Å². The summed E-state index contributed by atoms with van der Waals surface area (Å²) in [6, 6.07) is 12.9. The van der Waals surface area contributed by atoms with Gasteiger partial charge in [-0.3, -0.25) is 4.79 Å². The van der Waals surface area contributed by atoms with Crippen LogP contribution in [0.15, 0.2) is 48.5 Å². The lowest BCUT2D eigenvalue weighted by atomic mass is 10.2. The van der Waals surface area contributed by atoms with Gasteiger partial charge < -0.3 is 20.7 Å². The van der Waals surface area contributed by atoms with Crippen molar-refractivity contribution in [3.05, 3.63) is 59.1 Å². The molecule has 0 bridgehead atoms. The Bertz CT molecular complexity index is 719. The summed E-state index contributed by atoms with van der Waals surface area (Å²) in [5, 5.41) is 3.04. The second-order valence-electron chi connectivity index (χ2n) is 5.10. The van der Waals surface area contributed by atoms with Crippen molar-refractivity contribution in [1.29, 1.82) is 0 Å². The normalized spacial score (nSPS) is 10.1. The number of nitrogens with zero attached hydrogens (tertiary/aromatic N) is 1. The number of urea groups is 1. The SMILES string of the molecule is CN(CCOc1cccc(Cl)c1)C(=O)c1ccc(NC(N)=O)cc1. The first kappa shape index (κ1) is 17.6. The number of nitrogens with one attached hydrogen (secondary N) is 1. The molecule has 0 radical (unpaired) electrons. The maximum absolute atomic E-state index is 12.3. The summed E-state index contributed by atoms with van der Waals surface area (Å²) in [6.45, 7) is 0.774. The van der Waals surface area contributed by atoms with Crippen LogP contribution < -0.4 is 15.8 Å². The van der Waals surface area contributed by atoms with Crippen LogP contribution in [0.2, 0.25) is 5.02 Å². The van der Waals surface area contributed by atoms with Gasteiger partial charge in [0.1, 0.15) is 12.4 Å². The molecular formula is C17H18ClN3O3. The van der Waals surface area contributed by atoms with Crippen molar-refractivity contribution >= 4 is 29.2 Å². The fourth-order valence-corrected chi connectivity index (χ4v) is 2.20. The Kier molecular flexibility index (Phi) is 6.03. The number of primary amides is 1. The summed E-state index contributed by atoms with van der Waals surface area (Å²) in [6.07, 6.45) is 0. The molecule has 0 aromatic heterocycles. The van der Waals surface area contributed by atoms with Crippen molar-refractivity contribution in [1.82, 2.24) is 4.90 Å². The van der Waals surface area contributed by atoms with Crippen molar-refractivity contribution in [2.75, 3.05) is 25.5 Å². The van der Waals surface area contributed by atoms with E-state index in [1.54, 1.807) is 60.5 Å². The Labute approximate surface area is 145 Å². The molecule has 0 fully saturated rings. The fourth-order valence-electron chi connectivity index (χ4n) is 2.02. The molecule has 0 heterocycles. The molecule has 2 rings (SSSR count). The van der Waals surface area contributed by atoms with Gasteiger partial charge in [0.15, 0.2) is 0 Å². The van der Waals surface area contributed by atoms with Crippen LogP contribution in [-0.4, -0.2) is 37.0 Å². The average molecular weight is 348 g/mol. The molecular weight excluding hydrogens is 330 g/mol. The summed E-state index contributed by atoms with van der Waals surface area (Å²) < 4.78 is 5.57. The minimum absolute atomic E-state index is 0.143. The third-order valence-electron chi connectivity index (χ3n) is 3.24. The van der Waals surface area contributed by atoms with Gasteiger partial charge in [-0.25, -0.2) is 4.79 Å². The van der Waals surface area contributed by atoms with E-state index in [4.69, 9.17) is 22.1 Å². The number of carbonyl (C=O) groups excluding carboxylic acids is 2. The number of halogens is 1. The molecule has 24 heavy (non-hydrogen) atoms. The Morgan fingerprint density at radius 3 is 2.54 bits per heavy atom. The van der Waals surface area contributed by atoms with E-state index < -0.39 is 6.03 Å². The van der Waals surface area contributed by atoms with Gasteiger partial charge in [-0.1, -0.05) is 17.7 Å². The van der Waals surface area contributed by atoms with Crippen LogP contribution >= 0.6 is 11.6 Å². The first-order chi connectivity index (χ1) is 11.5. The average Bonchev–Trinajstić information content (AvgIpc) is 2.54. The highest BCUT2D eigenvalue weighted by atomic mass is 35.5. The number of ether oxygens (including phenoxy) is 1. The predicted molar refractivity (Wildman–Crippen MR) is 93.6 cm³/mol. The summed E-state index contributed by atoms with van der Waals surface area (Å²) in [5.74, 6) is 0.514. The molecule has 2 aromatic rings. The zero-order valence-corrected chi connectivity index (χ0v) is 13.9. The largest absolute Gasteiger partial charge is 0.492 e. The highest BCUT2D eigenvalue weighted by Gasteiger charge is 2.11. The van der Waals surface area contributed by atoms with Gasteiger partial charge in [0.05, 0.1) is 6.54 Å². The molecule has 6 nitrogen and oxygen atoms in total. The zero-order valence-electron chi connectivity index (χ0n) is 13.2. The minimum Gasteiger partial charge on any atom is -0.492 e. The lowest BCUT2D eigenvalue weighted by molar-refractivity contribution is 0.0774. The number of amides is 3. The summed E-state index contributed by atoms with van der Waals surface area (Å²) in [5.41, 5.74) is 6.08. The molecule has 0 aliphatic rings. The van der Waals surface area contributed by atoms with Gasteiger partial charge >= 0.3 is 6.03 Å². The van der Waals surface area contributed by atoms with E-state index in [0.717, 1.165) is 0 Å². The summed E-state index contributed by atoms with van der Waals surface area (Å²) in [7, 11) is 1.69. The fraction of sp³-hybridized carbons (Fsp3) is 0.176. The summed E-state index contributed by atoms with van der Waals surface area (Å²) >= 11 is 5.88. The van der Waals surface area contributed by atoms with Gasteiger partial charge in [0, 0.05) is 23.3 Å².